The van der Waals surface area contributed by atoms with E-state index in [9.17, 15) is 9.59 Å². The van der Waals surface area contributed by atoms with Crippen molar-refractivity contribution < 1.29 is 9.59 Å². The van der Waals surface area contributed by atoms with Gasteiger partial charge in [-0.1, -0.05) is 45.0 Å². The number of nitrogens with one attached hydrogen (secondary N) is 2. The van der Waals surface area contributed by atoms with Crippen LogP contribution in [0.25, 0.3) is 0 Å². The van der Waals surface area contributed by atoms with Gasteiger partial charge in [0.05, 0.1) is 6.54 Å². The van der Waals surface area contributed by atoms with Crippen LogP contribution in [0.15, 0.2) is 42.5 Å². The van der Waals surface area contributed by atoms with Gasteiger partial charge in [-0.2, -0.15) is 0 Å². The van der Waals surface area contributed by atoms with Crippen LogP contribution in [-0.2, 0) is 15.0 Å². The second kappa shape index (κ2) is 9.65. The van der Waals surface area contributed by atoms with Gasteiger partial charge in [-0.3, -0.25) is 14.5 Å². The molecule has 2 aromatic carbocycles. The highest BCUT2D eigenvalue weighted by Gasteiger charge is 2.30. The molecule has 2 aromatic rings. The topological polar surface area (TPSA) is 61.4 Å². The summed E-state index contributed by atoms with van der Waals surface area (Å²) >= 11 is 0. The van der Waals surface area contributed by atoms with Gasteiger partial charge in [-0.25, -0.2) is 0 Å². The number of aryl methyl sites for hydroxylation is 2. The van der Waals surface area contributed by atoms with E-state index in [1.165, 1.54) is 5.56 Å². The van der Waals surface area contributed by atoms with Crippen molar-refractivity contribution in [2.45, 2.75) is 65.3 Å². The fourth-order valence-electron chi connectivity index (χ4n) is 3.60. The summed E-state index contributed by atoms with van der Waals surface area (Å²) in [6.07, 6.45) is 2.55. The number of rotatable bonds is 8. The molecule has 0 aliphatic heterocycles. The molecule has 0 spiro atoms. The van der Waals surface area contributed by atoms with Gasteiger partial charge < -0.3 is 10.6 Å². The Morgan fingerprint density at radius 1 is 0.968 bits per heavy atom. The lowest BCUT2D eigenvalue weighted by molar-refractivity contribution is -0.119. The highest BCUT2D eigenvalue weighted by atomic mass is 16.2. The second-order valence-electron chi connectivity index (χ2n) is 9.69. The Bertz CT molecular complexity index is 925. The molecule has 0 atom stereocenters. The fourth-order valence-corrected chi connectivity index (χ4v) is 3.60. The van der Waals surface area contributed by atoms with E-state index in [-0.39, 0.29) is 17.2 Å². The zero-order chi connectivity index (χ0) is 22.6. The van der Waals surface area contributed by atoms with Crippen LogP contribution in [-0.4, -0.2) is 35.8 Å². The van der Waals surface area contributed by atoms with Crippen molar-refractivity contribution in [1.82, 2.24) is 4.90 Å². The van der Waals surface area contributed by atoms with Crippen LogP contribution in [0.1, 0.15) is 56.7 Å². The van der Waals surface area contributed by atoms with Gasteiger partial charge in [0, 0.05) is 30.4 Å². The molecule has 2 amide bonds. The van der Waals surface area contributed by atoms with E-state index in [1.54, 1.807) is 0 Å². The molecule has 0 bridgehead atoms. The molecule has 1 saturated carbocycles. The zero-order valence-corrected chi connectivity index (χ0v) is 19.4. The molecule has 1 fully saturated rings. The molecular formula is C26H35N3O2. The number of hydrogen-bond donors (Lipinski definition) is 2. The average Bonchev–Trinajstić information content (AvgIpc) is 3.53. The first-order valence-corrected chi connectivity index (χ1v) is 11.1. The van der Waals surface area contributed by atoms with Gasteiger partial charge in [0.25, 0.3) is 0 Å². The van der Waals surface area contributed by atoms with Gasteiger partial charge >= 0.3 is 0 Å². The van der Waals surface area contributed by atoms with Crippen molar-refractivity contribution in [3.8, 4) is 0 Å². The van der Waals surface area contributed by atoms with E-state index >= 15 is 0 Å². The van der Waals surface area contributed by atoms with Crippen molar-refractivity contribution in [1.29, 1.82) is 0 Å². The number of hydrogen-bond acceptors (Lipinski definition) is 3. The van der Waals surface area contributed by atoms with Gasteiger partial charge in [-0.15, -0.1) is 0 Å². The number of carbonyl (C=O) groups excluding carboxylic acids is 2. The van der Waals surface area contributed by atoms with Crippen LogP contribution < -0.4 is 10.6 Å². The molecule has 1 aliphatic rings. The third-order valence-corrected chi connectivity index (χ3v) is 5.74. The van der Waals surface area contributed by atoms with Crippen LogP contribution >= 0.6 is 0 Å². The summed E-state index contributed by atoms with van der Waals surface area (Å²) in [6, 6.07) is 14.5. The molecule has 0 radical (unpaired) electrons. The maximum Gasteiger partial charge on any atom is 0.238 e. The summed E-state index contributed by atoms with van der Waals surface area (Å²) < 4.78 is 0. The monoisotopic (exact) mass is 421 g/mol. The average molecular weight is 422 g/mol. The number of carbonyl (C=O) groups is 2. The van der Waals surface area contributed by atoms with Crippen molar-refractivity contribution in [3.63, 3.8) is 0 Å². The maximum absolute atomic E-state index is 12.6. The largest absolute Gasteiger partial charge is 0.326 e. The van der Waals surface area contributed by atoms with Crippen LogP contribution in [0, 0.1) is 13.8 Å². The molecule has 0 heterocycles. The molecule has 3 rings (SSSR count). The number of benzene rings is 2. The van der Waals surface area contributed by atoms with E-state index < -0.39 is 0 Å². The molecular weight excluding hydrogens is 386 g/mol. The first-order valence-electron chi connectivity index (χ1n) is 11.1. The second-order valence-corrected chi connectivity index (χ2v) is 9.69. The number of amides is 2. The summed E-state index contributed by atoms with van der Waals surface area (Å²) in [5.41, 5.74) is 5.16. The minimum absolute atomic E-state index is 0.0240. The smallest absolute Gasteiger partial charge is 0.238 e. The molecule has 0 saturated heterocycles. The Kier molecular flexibility index (Phi) is 7.16. The Morgan fingerprint density at radius 3 is 2.26 bits per heavy atom. The van der Waals surface area contributed by atoms with E-state index in [0.717, 1.165) is 35.3 Å². The zero-order valence-electron chi connectivity index (χ0n) is 19.4. The van der Waals surface area contributed by atoms with Crippen molar-refractivity contribution in [2.75, 3.05) is 23.7 Å². The van der Waals surface area contributed by atoms with E-state index in [4.69, 9.17) is 0 Å². The third-order valence-electron chi connectivity index (χ3n) is 5.74. The summed E-state index contributed by atoms with van der Waals surface area (Å²) in [6.45, 7) is 11.4. The Morgan fingerprint density at radius 2 is 1.65 bits per heavy atom. The molecule has 5 heteroatoms. The summed E-state index contributed by atoms with van der Waals surface area (Å²) in [5.74, 6) is -0.0529. The molecule has 166 valence electrons. The predicted molar refractivity (Wildman–Crippen MR) is 128 cm³/mol. The first kappa shape index (κ1) is 23.0. The highest BCUT2D eigenvalue weighted by molar-refractivity contribution is 5.93. The van der Waals surface area contributed by atoms with Crippen molar-refractivity contribution >= 4 is 23.2 Å². The minimum Gasteiger partial charge on any atom is -0.326 e. The molecule has 5 nitrogen and oxygen atoms in total. The van der Waals surface area contributed by atoms with Crippen LogP contribution in [0.3, 0.4) is 0 Å². The lowest BCUT2D eigenvalue weighted by Crippen LogP contribution is -2.37. The summed E-state index contributed by atoms with van der Waals surface area (Å²) in [7, 11) is 0. The van der Waals surface area contributed by atoms with E-state index in [0.29, 0.717) is 25.6 Å². The fraction of sp³-hybridized carbons (Fsp3) is 0.462. The highest BCUT2D eigenvalue weighted by Crippen LogP contribution is 2.27. The van der Waals surface area contributed by atoms with E-state index in [2.05, 4.69) is 48.4 Å². The third kappa shape index (κ3) is 6.93. The predicted octanol–water partition coefficient (Wildman–Crippen LogP) is 5.03. The molecule has 1 aliphatic carbocycles. The van der Waals surface area contributed by atoms with Crippen LogP contribution in [0.2, 0.25) is 0 Å². The Balaban J connectivity index is 1.50. The van der Waals surface area contributed by atoms with Gasteiger partial charge in [0.1, 0.15) is 0 Å². The minimum atomic E-state index is -0.0289. The lowest BCUT2D eigenvalue weighted by Gasteiger charge is -2.22. The summed E-state index contributed by atoms with van der Waals surface area (Å²) in [5, 5.41) is 6.00. The maximum atomic E-state index is 12.6. The van der Waals surface area contributed by atoms with Gasteiger partial charge in [0.2, 0.25) is 11.8 Å². The molecule has 0 unspecified atom stereocenters. The summed E-state index contributed by atoms with van der Waals surface area (Å²) in [4.78, 5) is 27.2. The number of nitrogens with zero attached hydrogens (tertiary/aromatic N) is 1. The van der Waals surface area contributed by atoms with E-state index in [1.807, 2.05) is 44.2 Å². The van der Waals surface area contributed by atoms with Crippen LogP contribution in [0.4, 0.5) is 11.4 Å². The lowest BCUT2D eigenvalue weighted by atomic mass is 9.87. The van der Waals surface area contributed by atoms with Gasteiger partial charge in [-0.05, 0) is 67.0 Å². The molecule has 2 N–H and O–H groups in total. The Labute approximate surface area is 186 Å². The Hall–Kier alpha value is -2.66. The first-order chi connectivity index (χ1) is 14.6. The van der Waals surface area contributed by atoms with Crippen molar-refractivity contribution in [2.24, 2.45) is 0 Å². The van der Waals surface area contributed by atoms with Crippen molar-refractivity contribution in [3.05, 3.63) is 59.2 Å². The van der Waals surface area contributed by atoms with Gasteiger partial charge in [0.15, 0.2) is 0 Å². The standard InChI is InChI=1S/C26H35N3O2/c1-18-6-7-19(2)23(16-18)28-25(31)17-29(22-12-13-22)15-14-24(30)27-21-10-8-20(9-11-21)26(3,4)5/h6-11,16,22H,12-15,17H2,1-5H3,(H,27,30)(H,28,31). The SMILES string of the molecule is Cc1ccc(C)c(NC(=O)CN(CCC(=O)Nc2ccc(C(C)(C)C)cc2)C2CC2)c1. The molecule has 31 heavy (non-hydrogen) atoms. The molecule has 0 aromatic heterocycles. The quantitative estimate of drug-likeness (QED) is 0.628. The normalized spacial score (nSPS) is 13.9. The number of anilines is 2. The van der Waals surface area contributed by atoms with Crippen LogP contribution in [0.5, 0.6) is 0 Å².